The van der Waals surface area contributed by atoms with Crippen molar-refractivity contribution in [3.8, 4) is 11.1 Å². The largest absolute Gasteiger partial charge is 0.338 e. The Morgan fingerprint density at radius 2 is 1.63 bits per heavy atom. The van der Waals surface area contributed by atoms with Crippen molar-refractivity contribution in [3.05, 3.63) is 84.7 Å². The monoisotopic (exact) mass is 424 g/mol. The van der Waals surface area contributed by atoms with Crippen LogP contribution < -0.4 is 15.4 Å². The van der Waals surface area contributed by atoms with Gasteiger partial charge in [-0.05, 0) is 29.7 Å². The first-order chi connectivity index (χ1) is 14.6. The first-order valence-electron chi connectivity index (χ1n) is 9.61. The summed E-state index contributed by atoms with van der Waals surface area (Å²) in [6.45, 7) is 0.943. The lowest BCUT2D eigenvalue weighted by atomic mass is 10.1. The normalized spacial score (nSPS) is 11.1. The van der Waals surface area contributed by atoms with Gasteiger partial charge in [0.2, 0.25) is 10.0 Å². The summed E-state index contributed by atoms with van der Waals surface area (Å²) in [6, 6.07) is 19.7. The molecule has 156 valence electrons. The number of benzene rings is 2. The maximum Gasteiger partial charge on any atom is 0.315 e. The van der Waals surface area contributed by atoms with Gasteiger partial charge in [-0.1, -0.05) is 54.6 Å². The lowest BCUT2D eigenvalue weighted by Crippen LogP contribution is -2.36. The number of hydrogen-bond donors (Lipinski definition) is 3. The molecule has 3 N–H and O–H groups in total. The average Bonchev–Trinajstić information content (AvgIpc) is 2.79. The second kappa shape index (κ2) is 10.5. The Kier molecular flexibility index (Phi) is 7.53. The van der Waals surface area contributed by atoms with Gasteiger partial charge in [0.1, 0.15) is 0 Å². The molecule has 3 aromatic rings. The molecule has 1 aromatic heterocycles. The number of nitrogens with zero attached hydrogens (tertiary/aromatic N) is 1. The molecule has 30 heavy (non-hydrogen) atoms. The van der Waals surface area contributed by atoms with Crippen LogP contribution in [0.15, 0.2) is 84.0 Å². The zero-order valence-electron chi connectivity index (χ0n) is 16.4. The minimum absolute atomic E-state index is 0.217. The fraction of sp³-hybridized carbons (Fsp3) is 0.182. The molecule has 0 aliphatic carbocycles. The number of urea groups is 1. The van der Waals surface area contributed by atoms with Crippen molar-refractivity contribution >= 4 is 16.1 Å². The molecule has 0 spiro atoms. The minimum Gasteiger partial charge on any atom is -0.338 e. The number of pyridine rings is 1. The summed E-state index contributed by atoms with van der Waals surface area (Å²) in [6.07, 6.45) is 3.82. The molecule has 0 saturated heterocycles. The molecule has 0 saturated carbocycles. The Balaban J connectivity index is 1.46. The van der Waals surface area contributed by atoms with Crippen molar-refractivity contribution in [3.63, 3.8) is 0 Å². The third kappa shape index (κ3) is 6.13. The first kappa shape index (κ1) is 21.5. The van der Waals surface area contributed by atoms with E-state index in [2.05, 4.69) is 20.3 Å². The first-order valence-corrected chi connectivity index (χ1v) is 11.1. The van der Waals surface area contributed by atoms with Crippen molar-refractivity contribution in [1.82, 2.24) is 20.3 Å². The van der Waals surface area contributed by atoms with Crippen LogP contribution in [0.3, 0.4) is 0 Å². The molecule has 1 heterocycles. The highest BCUT2D eigenvalue weighted by Gasteiger charge is 2.18. The van der Waals surface area contributed by atoms with E-state index in [0.717, 1.165) is 11.1 Å². The van der Waals surface area contributed by atoms with Gasteiger partial charge in [-0.15, -0.1) is 0 Å². The minimum atomic E-state index is -3.67. The zero-order chi connectivity index (χ0) is 21.2. The highest BCUT2D eigenvalue weighted by atomic mass is 32.2. The molecule has 0 aliphatic heterocycles. The molecular weight excluding hydrogens is 400 g/mol. The van der Waals surface area contributed by atoms with Crippen LogP contribution >= 0.6 is 0 Å². The van der Waals surface area contributed by atoms with Gasteiger partial charge in [0, 0.05) is 37.6 Å². The molecule has 0 aliphatic rings. The number of carbonyl (C=O) groups is 1. The smallest absolute Gasteiger partial charge is 0.315 e. The van der Waals surface area contributed by atoms with Gasteiger partial charge in [0.25, 0.3) is 0 Å². The van der Waals surface area contributed by atoms with E-state index < -0.39 is 10.0 Å². The predicted molar refractivity (Wildman–Crippen MR) is 116 cm³/mol. The van der Waals surface area contributed by atoms with E-state index in [9.17, 15) is 13.2 Å². The summed E-state index contributed by atoms with van der Waals surface area (Å²) in [5, 5.41) is 5.44. The van der Waals surface area contributed by atoms with Crippen molar-refractivity contribution in [2.24, 2.45) is 0 Å². The summed E-state index contributed by atoms with van der Waals surface area (Å²) >= 11 is 0. The maximum absolute atomic E-state index is 12.8. The topological polar surface area (TPSA) is 100 Å². The third-order valence-corrected chi connectivity index (χ3v) is 5.89. The van der Waals surface area contributed by atoms with Gasteiger partial charge >= 0.3 is 6.03 Å². The van der Waals surface area contributed by atoms with Crippen LogP contribution in [0.5, 0.6) is 0 Å². The Hall–Kier alpha value is -3.23. The van der Waals surface area contributed by atoms with E-state index >= 15 is 0 Å². The van der Waals surface area contributed by atoms with Gasteiger partial charge in [-0.3, -0.25) is 4.98 Å². The van der Waals surface area contributed by atoms with Crippen LogP contribution in [-0.4, -0.2) is 32.5 Å². The summed E-state index contributed by atoms with van der Waals surface area (Å²) < 4.78 is 28.1. The Labute approximate surface area is 176 Å². The molecule has 0 radical (unpaired) electrons. The molecule has 0 atom stereocenters. The number of aromatic nitrogens is 1. The maximum atomic E-state index is 12.8. The van der Waals surface area contributed by atoms with Gasteiger partial charge in [-0.2, -0.15) is 0 Å². The van der Waals surface area contributed by atoms with Crippen molar-refractivity contribution in [1.29, 1.82) is 0 Å². The third-order valence-electron chi connectivity index (χ3n) is 4.37. The number of sulfonamides is 1. The van der Waals surface area contributed by atoms with E-state index in [0.29, 0.717) is 25.1 Å². The highest BCUT2D eigenvalue weighted by Crippen LogP contribution is 2.26. The predicted octanol–water partition coefficient (Wildman–Crippen LogP) is 2.92. The van der Waals surface area contributed by atoms with Crippen molar-refractivity contribution in [2.75, 3.05) is 13.1 Å². The van der Waals surface area contributed by atoms with Gasteiger partial charge in [0.05, 0.1) is 4.90 Å². The van der Waals surface area contributed by atoms with E-state index in [1.807, 2.05) is 42.5 Å². The van der Waals surface area contributed by atoms with Crippen LogP contribution in [0.1, 0.15) is 12.0 Å². The van der Waals surface area contributed by atoms with E-state index in [1.165, 1.54) is 0 Å². The van der Waals surface area contributed by atoms with Gasteiger partial charge in [-0.25, -0.2) is 17.9 Å². The SMILES string of the molecule is O=C(NCCCNS(=O)(=O)c1ccccc1-c1ccccc1)NCc1cccnc1. The fourth-order valence-electron chi connectivity index (χ4n) is 2.88. The summed E-state index contributed by atoms with van der Waals surface area (Å²) in [5.41, 5.74) is 2.39. The number of nitrogens with one attached hydrogen (secondary N) is 3. The van der Waals surface area contributed by atoms with Crippen LogP contribution in [-0.2, 0) is 16.6 Å². The molecule has 0 bridgehead atoms. The molecular formula is C22H24N4O3S. The zero-order valence-corrected chi connectivity index (χ0v) is 17.2. The lowest BCUT2D eigenvalue weighted by Gasteiger charge is -2.12. The fourth-order valence-corrected chi connectivity index (χ4v) is 4.18. The van der Waals surface area contributed by atoms with Gasteiger partial charge < -0.3 is 10.6 Å². The van der Waals surface area contributed by atoms with E-state index in [4.69, 9.17) is 0 Å². The summed E-state index contributed by atoms with van der Waals surface area (Å²) in [4.78, 5) is 16.0. The van der Waals surface area contributed by atoms with Crippen LogP contribution in [0.4, 0.5) is 4.79 Å². The molecule has 2 aromatic carbocycles. The Morgan fingerprint density at radius 3 is 2.40 bits per heavy atom. The second-order valence-electron chi connectivity index (χ2n) is 6.58. The van der Waals surface area contributed by atoms with Crippen molar-refractivity contribution in [2.45, 2.75) is 17.9 Å². The average molecular weight is 425 g/mol. The molecule has 8 heteroatoms. The van der Waals surface area contributed by atoms with E-state index in [-0.39, 0.29) is 17.5 Å². The Bertz CT molecular complexity index is 1060. The van der Waals surface area contributed by atoms with Crippen LogP contribution in [0.2, 0.25) is 0 Å². The molecule has 3 rings (SSSR count). The summed E-state index contributed by atoms with van der Waals surface area (Å²) in [5.74, 6) is 0. The highest BCUT2D eigenvalue weighted by molar-refractivity contribution is 7.89. The Morgan fingerprint density at radius 1 is 0.867 bits per heavy atom. The van der Waals surface area contributed by atoms with Crippen LogP contribution in [0, 0.1) is 0 Å². The molecule has 0 fully saturated rings. The molecule has 7 nitrogen and oxygen atoms in total. The molecule has 0 unspecified atom stereocenters. The number of amides is 2. The molecule has 2 amide bonds. The number of carbonyl (C=O) groups excluding carboxylic acids is 1. The quantitative estimate of drug-likeness (QED) is 0.460. The van der Waals surface area contributed by atoms with Crippen molar-refractivity contribution < 1.29 is 13.2 Å². The lowest BCUT2D eigenvalue weighted by molar-refractivity contribution is 0.240. The van der Waals surface area contributed by atoms with Crippen LogP contribution in [0.25, 0.3) is 11.1 Å². The second-order valence-corrected chi connectivity index (χ2v) is 8.32. The number of rotatable bonds is 9. The van der Waals surface area contributed by atoms with Gasteiger partial charge in [0.15, 0.2) is 0 Å². The summed E-state index contributed by atoms with van der Waals surface area (Å²) in [7, 11) is -3.67. The number of hydrogen-bond acceptors (Lipinski definition) is 4. The van der Waals surface area contributed by atoms with E-state index in [1.54, 1.807) is 36.7 Å². The standard InChI is InChI=1S/C22H24N4O3S/c27-22(25-17-18-8-6-13-23-16-18)24-14-7-15-26-30(28,29)21-12-5-4-11-20(21)19-9-2-1-3-10-19/h1-6,8-13,16,26H,7,14-15,17H2,(H2,24,25,27).